The number of hydrogen-bond acceptors (Lipinski definition) is 5. The Bertz CT molecular complexity index is 1030. The lowest BCUT2D eigenvalue weighted by Gasteiger charge is -2.37. The van der Waals surface area contributed by atoms with E-state index < -0.39 is 29.9 Å². The number of fused-ring (bicyclic) bond motifs is 1. The van der Waals surface area contributed by atoms with Crippen molar-refractivity contribution in [3.63, 3.8) is 0 Å². The first-order chi connectivity index (χ1) is 15.1. The minimum atomic E-state index is -0.869. The fraction of sp³-hybridized carbons (Fsp3) is 0.375. The molecular formula is C24H30N4O4. The molecule has 1 aliphatic heterocycles. The normalized spacial score (nSPS) is 17.2. The van der Waals surface area contributed by atoms with E-state index in [1.54, 1.807) is 12.1 Å². The van der Waals surface area contributed by atoms with Gasteiger partial charge in [-0.25, -0.2) is 0 Å². The Morgan fingerprint density at radius 1 is 1.16 bits per heavy atom. The SMILES string of the molecule is Cc1cc(O)cc(C)c1CC(N)C(=O)N1Cc2ccccc2CC1C(=O)N[C@H](C)C(N)=O. The number of amides is 3. The molecule has 2 aromatic carbocycles. The Kier molecular flexibility index (Phi) is 6.84. The smallest absolute Gasteiger partial charge is 0.243 e. The van der Waals surface area contributed by atoms with Gasteiger partial charge in [0.1, 0.15) is 17.8 Å². The summed E-state index contributed by atoms with van der Waals surface area (Å²) >= 11 is 0. The van der Waals surface area contributed by atoms with Crippen molar-refractivity contribution in [3.8, 4) is 5.75 Å². The number of primary amides is 1. The number of nitrogens with two attached hydrogens (primary N) is 2. The molecule has 8 nitrogen and oxygen atoms in total. The molecule has 6 N–H and O–H groups in total. The highest BCUT2D eigenvalue weighted by atomic mass is 16.3. The number of carbonyl (C=O) groups is 3. The Morgan fingerprint density at radius 2 is 1.75 bits per heavy atom. The van der Waals surface area contributed by atoms with Gasteiger partial charge in [-0.05, 0) is 67.1 Å². The zero-order chi connectivity index (χ0) is 23.6. The lowest BCUT2D eigenvalue weighted by molar-refractivity contribution is -0.143. The molecule has 2 unspecified atom stereocenters. The van der Waals surface area contributed by atoms with Crippen molar-refractivity contribution in [2.45, 2.75) is 58.3 Å². The van der Waals surface area contributed by atoms with E-state index in [0.717, 1.165) is 27.8 Å². The molecular weight excluding hydrogens is 408 g/mol. The fourth-order valence-electron chi connectivity index (χ4n) is 4.18. The second-order valence-corrected chi connectivity index (χ2v) is 8.46. The van der Waals surface area contributed by atoms with Crippen molar-refractivity contribution in [2.24, 2.45) is 11.5 Å². The fourth-order valence-corrected chi connectivity index (χ4v) is 4.18. The van der Waals surface area contributed by atoms with E-state index in [2.05, 4.69) is 5.32 Å². The third-order valence-corrected chi connectivity index (χ3v) is 6.04. The second kappa shape index (κ2) is 9.40. The van der Waals surface area contributed by atoms with Gasteiger partial charge in [0.05, 0.1) is 6.04 Å². The first kappa shape index (κ1) is 23.3. The first-order valence-electron chi connectivity index (χ1n) is 10.6. The van der Waals surface area contributed by atoms with Gasteiger partial charge in [-0.15, -0.1) is 0 Å². The minimum Gasteiger partial charge on any atom is -0.508 e. The molecule has 0 aromatic heterocycles. The summed E-state index contributed by atoms with van der Waals surface area (Å²) in [4.78, 5) is 39.3. The molecule has 3 amide bonds. The number of hydrogen-bond donors (Lipinski definition) is 4. The van der Waals surface area contributed by atoms with E-state index in [0.29, 0.717) is 6.42 Å². The molecule has 0 aliphatic carbocycles. The predicted octanol–water partition coefficient (Wildman–Crippen LogP) is 0.822. The highest BCUT2D eigenvalue weighted by Crippen LogP contribution is 2.26. The van der Waals surface area contributed by atoms with Gasteiger partial charge in [-0.1, -0.05) is 24.3 Å². The molecule has 1 aliphatic rings. The van der Waals surface area contributed by atoms with Crippen LogP contribution in [0.5, 0.6) is 5.75 Å². The molecule has 2 aromatic rings. The molecule has 0 saturated heterocycles. The largest absolute Gasteiger partial charge is 0.508 e. The molecule has 0 spiro atoms. The quantitative estimate of drug-likeness (QED) is 0.529. The average Bonchev–Trinajstić information content (AvgIpc) is 2.74. The highest BCUT2D eigenvalue weighted by Gasteiger charge is 2.37. The van der Waals surface area contributed by atoms with Gasteiger partial charge in [-0.3, -0.25) is 14.4 Å². The van der Waals surface area contributed by atoms with Crippen LogP contribution in [0, 0.1) is 13.8 Å². The Hall–Kier alpha value is -3.39. The minimum absolute atomic E-state index is 0.164. The van der Waals surface area contributed by atoms with Crippen molar-refractivity contribution >= 4 is 17.7 Å². The van der Waals surface area contributed by atoms with E-state index >= 15 is 0 Å². The summed E-state index contributed by atoms with van der Waals surface area (Å²) in [5.41, 5.74) is 16.1. The monoisotopic (exact) mass is 438 g/mol. The van der Waals surface area contributed by atoms with Crippen molar-refractivity contribution in [2.75, 3.05) is 0 Å². The summed E-state index contributed by atoms with van der Waals surface area (Å²) in [6.07, 6.45) is 0.601. The van der Waals surface area contributed by atoms with Crippen LogP contribution in [-0.4, -0.2) is 45.9 Å². The Labute approximate surface area is 187 Å². The number of nitrogens with zero attached hydrogens (tertiary/aromatic N) is 1. The number of aromatic hydroxyl groups is 1. The van der Waals surface area contributed by atoms with Gasteiger partial charge in [0.25, 0.3) is 0 Å². The number of aryl methyl sites for hydroxylation is 2. The van der Waals surface area contributed by atoms with Crippen molar-refractivity contribution < 1.29 is 19.5 Å². The van der Waals surface area contributed by atoms with Crippen LogP contribution in [0.15, 0.2) is 36.4 Å². The summed E-state index contributed by atoms with van der Waals surface area (Å²) in [5, 5.41) is 12.4. The van der Waals surface area contributed by atoms with Crippen LogP contribution in [0.3, 0.4) is 0 Å². The molecule has 3 atom stereocenters. The molecule has 170 valence electrons. The van der Waals surface area contributed by atoms with Crippen LogP contribution >= 0.6 is 0 Å². The van der Waals surface area contributed by atoms with Crippen molar-refractivity contribution in [3.05, 3.63) is 64.2 Å². The number of carbonyl (C=O) groups excluding carboxylic acids is 3. The number of nitrogens with one attached hydrogen (secondary N) is 1. The third-order valence-electron chi connectivity index (χ3n) is 6.04. The van der Waals surface area contributed by atoms with E-state index in [1.807, 2.05) is 38.1 Å². The molecule has 0 fully saturated rings. The predicted molar refractivity (Wildman–Crippen MR) is 121 cm³/mol. The molecule has 0 radical (unpaired) electrons. The van der Waals surface area contributed by atoms with Gasteiger partial charge >= 0.3 is 0 Å². The molecule has 0 saturated carbocycles. The van der Waals surface area contributed by atoms with Gasteiger partial charge in [0, 0.05) is 13.0 Å². The number of benzene rings is 2. The van der Waals surface area contributed by atoms with Crippen molar-refractivity contribution in [1.82, 2.24) is 10.2 Å². The summed E-state index contributed by atoms with van der Waals surface area (Å²) in [5.74, 6) is -1.28. The molecule has 8 heteroatoms. The average molecular weight is 439 g/mol. The number of phenols is 1. The van der Waals surface area contributed by atoms with E-state index in [4.69, 9.17) is 11.5 Å². The highest BCUT2D eigenvalue weighted by molar-refractivity contribution is 5.93. The first-order valence-corrected chi connectivity index (χ1v) is 10.6. The van der Waals surface area contributed by atoms with Crippen molar-refractivity contribution in [1.29, 1.82) is 0 Å². The maximum atomic E-state index is 13.4. The van der Waals surface area contributed by atoms with Crippen LogP contribution in [0.2, 0.25) is 0 Å². The van der Waals surface area contributed by atoms with E-state index in [1.165, 1.54) is 11.8 Å². The third kappa shape index (κ3) is 4.91. The maximum Gasteiger partial charge on any atom is 0.243 e. The maximum absolute atomic E-state index is 13.4. The topological polar surface area (TPSA) is 139 Å². The lowest BCUT2D eigenvalue weighted by atomic mass is 9.91. The van der Waals surface area contributed by atoms with Crippen LogP contribution in [0.1, 0.15) is 34.7 Å². The second-order valence-electron chi connectivity index (χ2n) is 8.46. The van der Waals surface area contributed by atoms with Crippen LogP contribution in [0.25, 0.3) is 0 Å². The van der Waals surface area contributed by atoms with Crippen LogP contribution < -0.4 is 16.8 Å². The summed E-state index contributed by atoms with van der Waals surface area (Å²) in [6.45, 7) is 5.47. The number of rotatable bonds is 6. The molecule has 0 bridgehead atoms. The zero-order valence-corrected chi connectivity index (χ0v) is 18.6. The summed E-state index contributed by atoms with van der Waals surface area (Å²) in [7, 11) is 0. The van der Waals surface area contributed by atoms with Gasteiger partial charge in [0.15, 0.2) is 0 Å². The van der Waals surface area contributed by atoms with Crippen LogP contribution in [-0.2, 0) is 33.8 Å². The summed E-state index contributed by atoms with van der Waals surface area (Å²) in [6, 6.07) is 8.38. The Morgan fingerprint density at radius 3 is 2.34 bits per heavy atom. The van der Waals surface area contributed by atoms with E-state index in [-0.39, 0.29) is 24.6 Å². The van der Waals surface area contributed by atoms with Gasteiger partial charge in [-0.2, -0.15) is 0 Å². The lowest BCUT2D eigenvalue weighted by Crippen LogP contribution is -2.58. The Balaban J connectivity index is 1.87. The molecule has 32 heavy (non-hydrogen) atoms. The molecule has 1 heterocycles. The number of phenolic OH excluding ortho intramolecular Hbond substituents is 1. The van der Waals surface area contributed by atoms with Gasteiger partial charge < -0.3 is 26.8 Å². The zero-order valence-electron chi connectivity index (χ0n) is 18.6. The van der Waals surface area contributed by atoms with Crippen LogP contribution in [0.4, 0.5) is 0 Å². The molecule has 3 rings (SSSR count). The van der Waals surface area contributed by atoms with E-state index in [9.17, 15) is 19.5 Å². The standard InChI is InChI=1S/C24H30N4O4/c1-13-8-18(29)9-14(2)19(13)11-20(25)24(32)28-12-17-7-5-4-6-16(17)10-21(28)23(31)27-15(3)22(26)30/h4-9,15,20-21,29H,10-12,25H2,1-3H3,(H2,26,30)(H,27,31)/t15-,20?,21?/m1/s1. The van der Waals surface area contributed by atoms with Gasteiger partial charge in [0.2, 0.25) is 17.7 Å². The summed E-state index contributed by atoms with van der Waals surface area (Å²) < 4.78 is 0.